The van der Waals surface area contributed by atoms with E-state index in [0.717, 1.165) is 28.7 Å². The zero-order valence-electron chi connectivity index (χ0n) is 17.2. The molecule has 0 nitrogen and oxygen atoms in total. The Kier molecular flexibility index (Phi) is 4.11. The molecule has 0 heterocycles. The topological polar surface area (TPSA) is 0 Å². The van der Waals surface area contributed by atoms with E-state index >= 15 is 0 Å². The van der Waals surface area contributed by atoms with E-state index in [1.807, 2.05) is 24.3 Å². The monoisotopic (exact) mass is 384 g/mol. The van der Waals surface area contributed by atoms with Crippen molar-refractivity contribution in [2.75, 3.05) is 0 Å². The van der Waals surface area contributed by atoms with Gasteiger partial charge in [0.25, 0.3) is 0 Å². The molecule has 4 saturated carbocycles. The number of benzene rings is 2. The first-order chi connectivity index (χ1) is 14.5. The molecule has 0 N–H and O–H groups in total. The van der Waals surface area contributed by atoms with E-state index < -0.39 is 0 Å². The van der Waals surface area contributed by atoms with Crippen molar-refractivity contribution in [3.63, 3.8) is 0 Å². The van der Waals surface area contributed by atoms with Gasteiger partial charge < -0.3 is 0 Å². The fraction of sp³-hybridized carbons (Fsp3) is 0.333. The fourth-order valence-electron chi connectivity index (χ4n) is 7.29. The van der Waals surface area contributed by atoms with Crippen LogP contribution in [-0.2, 0) is 10.8 Å². The van der Waals surface area contributed by atoms with Gasteiger partial charge in [0.2, 0.25) is 0 Å². The van der Waals surface area contributed by atoms with Crippen LogP contribution in [0.5, 0.6) is 0 Å². The molecule has 6 rings (SSSR count). The number of hydrogen-bond donors (Lipinski definition) is 0. The summed E-state index contributed by atoms with van der Waals surface area (Å²) in [6.45, 7) is 0. The van der Waals surface area contributed by atoms with Crippen molar-refractivity contribution in [3.05, 3.63) is 69.8 Å². The third-order valence-corrected chi connectivity index (χ3v) is 7.89. The lowest BCUT2D eigenvalue weighted by Crippen LogP contribution is -2.56. The smallest absolute Gasteiger partial charge is 0.0281 e. The van der Waals surface area contributed by atoms with Crippen molar-refractivity contribution in [1.82, 2.24) is 0 Å². The minimum absolute atomic E-state index is 0.0661. The summed E-state index contributed by atoms with van der Waals surface area (Å²) in [5.41, 5.74) is 6.47. The zero-order chi connectivity index (χ0) is 20.9. The van der Waals surface area contributed by atoms with Crippen molar-refractivity contribution >= 4 is 0 Å². The van der Waals surface area contributed by atoms with Crippen molar-refractivity contribution in [3.8, 4) is 49.4 Å². The molecule has 0 radical (unpaired) electrons. The van der Waals surface area contributed by atoms with Gasteiger partial charge >= 0.3 is 0 Å². The third-order valence-electron chi connectivity index (χ3n) is 7.89. The van der Waals surface area contributed by atoms with Gasteiger partial charge in [-0.2, -0.15) is 0 Å². The minimum atomic E-state index is 0.0661. The van der Waals surface area contributed by atoms with Crippen LogP contribution in [-0.4, -0.2) is 0 Å². The molecule has 0 heteroatoms. The van der Waals surface area contributed by atoms with Crippen molar-refractivity contribution in [2.45, 2.75) is 49.4 Å². The van der Waals surface area contributed by atoms with Gasteiger partial charge in [-0.05, 0) is 109 Å². The molecule has 0 unspecified atom stereocenters. The van der Waals surface area contributed by atoms with Gasteiger partial charge in [0, 0.05) is 22.3 Å². The molecule has 0 aliphatic heterocycles. The molecular formula is C30H24. The van der Waals surface area contributed by atoms with E-state index in [4.69, 9.17) is 25.7 Å². The largest absolute Gasteiger partial charge is 0.115 e. The highest BCUT2D eigenvalue weighted by molar-refractivity contribution is 5.54. The minimum Gasteiger partial charge on any atom is -0.115 e. The second-order valence-corrected chi connectivity index (χ2v) is 9.62. The lowest BCUT2D eigenvalue weighted by molar-refractivity contribution is -0.0283. The van der Waals surface area contributed by atoms with Crippen LogP contribution >= 0.6 is 0 Å². The summed E-state index contributed by atoms with van der Waals surface area (Å²) in [4.78, 5) is 0. The van der Waals surface area contributed by atoms with E-state index in [-0.39, 0.29) is 10.8 Å². The average Bonchev–Trinajstić information content (AvgIpc) is 2.77. The summed E-state index contributed by atoms with van der Waals surface area (Å²) >= 11 is 0. The lowest BCUT2D eigenvalue weighted by atomic mass is 9.41. The Labute approximate surface area is 180 Å². The number of rotatable bonds is 2. The first kappa shape index (κ1) is 18.7. The van der Waals surface area contributed by atoms with E-state index in [9.17, 15) is 0 Å². The van der Waals surface area contributed by atoms with Gasteiger partial charge in [0.05, 0.1) is 0 Å². The summed E-state index contributed by atoms with van der Waals surface area (Å²) in [6.07, 6.45) is 30.5. The van der Waals surface area contributed by atoms with E-state index in [1.54, 1.807) is 0 Å². The molecule has 30 heavy (non-hydrogen) atoms. The van der Waals surface area contributed by atoms with Gasteiger partial charge in [-0.15, -0.1) is 25.7 Å². The lowest BCUT2D eigenvalue weighted by Gasteiger charge is -2.63. The number of terminal acetylenes is 4. The molecular weight excluding hydrogens is 360 g/mol. The van der Waals surface area contributed by atoms with Crippen LogP contribution < -0.4 is 0 Å². The maximum absolute atomic E-state index is 5.94. The Bertz CT molecular complexity index is 1100. The van der Waals surface area contributed by atoms with Crippen molar-refractivity contribution < 1.29 is 0 Å². The van der Waals surface area contributed by atoms with Gasteiger partial charge in [0.1, 0.15) is 0 Å². The van der Waals surface area contributed by atoms with Gasteiger partial charge in [-0.25, -0.2) is 0 Å². The Balaban J connectivity index is 1.70. The van der Waals surface area contributed by atoms with Crippen LogP contribution in [0.1, 0.15) is 71.9 Å². The van der Waals surface area contributed by atoms with Crippen LogP contribution in [0.15, 0.2) is 36.4 Å². The molecule has 0 amide bonds. The second kappa shape index (κ2) is 6.60. The second-order valence-electron chi connectivity index (χ2n) is 9.62. The van der Waals surface area contributed by atoms with Gasteiger partial charge in [-0.1, -0.05) is 23.7 Å². The van der Waals surface area contributed by atoms with Crippen LogP contribution in [0.4, 0.5) is 0 Å². The van der Waals surface area contributed by atoms with Crippen molar-refractivity contribution in [2.24, 2.45) is 11.8 Å². The maximum Gasteiger partial charge on any atom is 0.0281 e. The maximum atomic E-state index is 5.94. The van der Waals surface area contributed by atoms with Gasteiger partial charge in [0.15, 0.2) is 0 Å². The summed E-state index contributed by atoms with van der Waals surface area (Å²) in [7, 11) is 0. The first-order valence-corrected chi connectivity index (χ1v) is 10.7. The quantitative estimate of drug-likeness (QED) is 0.608. The highest BCUT2D eigenvalue weighted by Gasteiger charge is 2.59. The molecule has 144 valence electrons. The molecule has 0 aromatic heterocycles. The molecule has 0 saturated heterocycles. The van der Waals surface area contributed by atoms with Gasteiger partial charge in [-0.3, -0.25) is 0 Å². The Morgan fingerprint density at radius 1 is 0.633 bits per heavy atom. The molecule has 0 atom stereocenters. The molecule has 0 spiro atoms. The molecule has 2 aromatic carbocycles. The summed E-state index contributed by atoms with van der Waals surface area (Å²) < 4.78 is 0. The Hall–Kier alpha value is -3.32. The predicted molar refractivity (Wildman–Crippen MR) is 123 cm³/mol. The van der Waals surface area contributed by atoms with Crippen LogP contribution in [0.25, 0.3) is 0 Å². The Morgan fingerprint density at radius 3 is 1.43 bits per heavy atom. The fourth-order valence-corrected chi connectivity index (χ4v) is 7.29. The molecule has 2 aromatic rings. The SMILES string of the molecule is C#Cc1ccc(C#C)c(C23CC4CC(C2)CC(c2cc(C#C)ccc2C#C)(C4)C3)c1. The normalized spacial score (nSPS) is 30.7. The highest BCUT2D eigenvalue weighted by atomic mass is 14.6. The molecule has 4 aliphatic rings. The highest BCUT2D eigenvalue weighted by Crippen LogP contribution is 2.66. The van der Waals surface area contributed by atoms with Crippen LogP contribution in [0, 0.1) is 61.2 Å². The number of hydrogen-bond acceptors (Lipinski definition) is 0. The summed E-state index contributed by atoms with van der Waals surface area (Å²) in [6, 6.07) is 12.3. The van der Waals surface area contributed by atoms with Crippen LogP contribution in [0.3, 0.4) is 0 Å². The van der Waals surface area contributed by atoms with Crippen molar-refractivity contribution in [1.29, 1.82) is 0 Å². The van der Waals surface area contributed by atoms with E-state index in [0.29, 0.717) is 11.8 Å². The predicted octanol–water partition coefficient (Wildman–Crippen LogP) is 5.40. The molecule has 4 fully saturated rings. The molecule has 4 aliphatic carbocycles. The first-order valence-electron chi connectivity index (χ1n) is 10.7. The average molecular weight is 385 g/mol. The summed E-state index contributed by atoms with van der Waals surface area (Å²) in [5.74, 6) is 12.9. The van der Waals surface area contributed by atoms with E-state index in [2.05, 4.69) is 35.8 Å². The van der Waals surface area contributed by atoms with E-state index in [1.165, 1.54) is 43.2 Å². The molecule has 4 bridgehead atoms. The third kappa shape index (κ3) is 2.62. The van der Waals surface area contributed by atoms with Crippen LogP contribution in [0.2, 0.25) is 0 Å². The standard InChI is InChI=1S/C30H24/c1-5-21-9-11-25(7-3)27(14-21)29-16-23-13-24(17-29)19-30(18-23,20-29)28-15-22(6-2)10-12-26(28)8-4/h1-4,9-12,14-15,23-24H,13,16-20H2. The summed E-state index contributed by atoms with van der Waals surface area (Å²) in [5, 5.41) is 0. The zero-order valence-corrected chi connectivity index (χ0v) is 17.2. The Morgan fingerprint density at radius 2 is 1.07 bits per heavy atom.